The third kappa shape index (κ3) is 3.09. The molecular formula is C11H4Br2Cl2O3. The van der Waals surface area contributed by atoms with Crippen LogP contribution in [0.15, 0.2) is 37.8 Å². The highest BCUT2D eigenvalue weighted by Crippen LogP contribution is 2.36. The van der Waals surface area contributed by atoms with E-state index in [0.29, 0.717) is 14.2 Å². The molecule has 2 rings (SSSR count). The lowest BCUT2D eigenvalue weighted by Crippen LogP contribution is -2.08. The van der Waals surface area contributed by atoms with Gasteiger partial charge in [-0.3, -0.25) is 0 Å². The van der Waals surface area contributed by atoms with Gasteiger partial charge in [-0.2, -0.15) is 0 Å². The third-order valence-corrected chi connectivity index (χ3v) is 3.45. The van der Waals surface area contributed by atoms with Crippen LogP contribution in [0.2, 0.25) is 10.0 Å². The summed E-state index contributed by atoms with van der Waals surface area (Å²) in [5.41, 5.74) is 0. The van der Waals surface area contributed by atoms with E-state index < -0.39 is 5.97 Å². The van der Waals surface area contributed by atoms with Crippen molar-refractivity contribution < 1.29 is 13.9 Å². The van der Waals surface area contributed by atoms with Gasteiger partial charge in [-0.1, -0.05) is 23.2 Å². The maximum absolute atomic E-state index is 11.8. The molecule has 0 amide bonds. The SMILES string of the molecule is O=C(Oc1c(Cl)cc(Cl)cc1Br)c1ccc(Br)o1. The van der Waals surface area contributed by atoms with Crippen molar-refractivity contribution in [3.8, 4) is 5.75 Å². The highest BCUT2D eigenvalue weighted by Gasteiger charge is 2.17. The minimum absolute atomic E-state index is 0.0693. The molecule has 0 saturated carbocycles. The lowest BCUT2D eigenvalue weighted by atomic mass is 10.3. The quantitative estimate of drug-likeness (QED) is 0.492. The van der Waals surface area contributed by atoms with Crippen molar-refractivity contribution in [2.24, 2.45) is 0 Å². The van der Waals surface area contributed by atoms with E-state index >= 15 is 0 Å². The molecule has 0 spiro atoms. The van der Waals surface area contributed by atoms with E-state index in [1.165, 1.54) is 12.1 Å². The van der Waals surface area contributed by atoms with Crippen molar-refractivity contribution in [3.63, 3.8) is 0 Å². The van der Waals surface area contributed by atoms with E-state index in [-0.39, 0.29) is 16.5 Å². The number of carbonyl (C=O) groups is 1. The molecule has 3 nitrogen and oxygen atoms in total. The van der Waals surface area contributed by atoms with Crippen molar-refractivity contribution in [2.45, 2.75) is 0 Å². The molecule has 7 heteroatoms. The molecule has 2 aromatic rings. The van der Waals surface area contributed by atoms with Crippen LogP contribution in [0.4, 0.5) is 0 Å². The Labute approximate surface area is 129 Å². The zero-order chi connectivity index (χ0) is 13.3. The molecule has 0 saturated heterocycles. The number of esters is 1. The Morgan fingerprint density at radius 2 is 1.94 bits per heavy atom. The second-order valence-electron chi connectivity index (χ2n) is 3.19. The van der Waals surface area contributed by atoms with Crippen molar-refractivity contribution in [3.05, 3.63) is 49.2 Å². The van der Waals surface area contributed by atoms with Gasteiger partial charge in [0.15, 0.2) is 10.4 Å². The van der Waals surface area contributed by atoms with Crippen molar-refractivity contribution in [1.82, 2.24) is 0 Å². The highest BCUT2D eigenvalue weighted by atomic mass is 79.9. The molecule has 0 fully saturated rings. The Balaban J connectivity index is 2.27. The van der Waals surface area contributed by atoms with Crippen LogP contribution in [-0.2, 0) is 0 Å². The molecule has 18 heavy (non-hydrogen) atoms. The van der Waals surface area contributed by atoms with Gasteiger partial charge in [0, 0.05) is 5.02 Å². The standard InChI is InChI=1S/C11H4Br2Cl2O3/c12-6-3-5(14)4-7(15)10(6)18-11(16)8-1-2-9(13)17-8/h1-4H. The number of furan rings is 1. The first-order valence-electron chi connectivity index (χ1n) is 4.59. The van der Waals surface area contributed by atoms with Crippen LogP contribution in [0, 0.1) is 0 Å². The number of hydrogen-bond donors (Lipinski definition) is 0. The fraction of sp³-hybridized carbons (Fsp3) is 0. The summed E-state index contributed by atoms with van der Waals surface area (Å²) < 4.78 is 11.1. The predicted molar refractivity (Wildman–Crippen MR) is 75.5 cm³/mol. The second kappa shape index (κ2) is 5.65. The van der Waals surface area contributed by atoms with E-state index in [1.54, 1.807) is 12.1 Å². The summed E-state index contributed by atoms with van der Waals surface area (Å²) in [4.78, 5) is 11.8. The van der Waals surface area contributed by atoms with Crippen molar-refractivity contribution in [1.29, 1.82) is 0 Å². The molecule has 0 aliphatic carbocycles. The fourth-order valence-corrected chi connectivity index (χ4v) is 2.82. The van der Waals surface area contributed by atoms with E-state index in [4.69, 9.17) is 32.4 Å². The van der Waals surface area contributed by atoms with Gasteiger partial charge in [-0.15, -0.1) is 0 Å². The molecule has 0 radical (unpaired) electrons. The Kier molecular flexibility index (Phi) is 4.37. The van der Waals surface area contributed by atoms with Gasteiger partial charge in [0.05, 0.1) is 9.50 Å². The lowest BCUT2D eigenvalue weighted by Gasteiger charge is -2.07. The normalized spacial score (nSPS) is 10.4. The first-order chi connectivity index (χ1) is 8.47. The molecule has 1 aromatic heterocycles. The predicted octanol–water partition coefficient (Wildman–Crippen LogP) is 5.33. The van der Waals surface area contributed by atoms with Crippen LogP contribution in [-0.4, -0.2) is 5.97 Å². The molecular weight excluding hydrogens is 411 g/mol. The molecule has 1 aromatic carbocycles. The maximum atomic E-state index is 11.8. The van der Waals surface area contributed by atoms with Crippen LogP contribution >= 0.6 is 55.1 Å². The molecule has 0 N–H and O–H groups in total. The average Bonchev–Trinajstić information content (AvgIpc) is 2.70. The lowest BCUT2D eigenvalue weighted by molar-refractivity contribution is 0.0699. The van der Waals surface area contributed by atoms with Gasteiger partial charge < -0.3 is 9.15 Å². The van der Waals surface area contributed by atoms with Crippen LogP contribution in [0.3, 0.4) is 0 Å². The topological polar surface area (TPSA) is 39.4 Å². The Hall–Kier alpha value is -0.490. The van der Waals surface area contributed by atoms with Crippen LogP contribution in [0.25, 0.3) is 0 Å². The Morgan fingerprint density at radius 1 is 1.22 bits per heavy atom. The molecule has 94 valence electrons. The number of hydrogen-bond acceptors (Lipinski definition) is 3. The number of carbonyl (C=O) groups excluding carboxylic acids is 1. The molecule has 1 heterocycles. The largest absolute Gasteiger partial charge is 0.442 e. The van der Waals surface area contributed by atoms with Gasteiger partial charge in [0.2, 0.25) is 5.76 Å². The van der Waals surface area contributed by atoms with Gasteiger partial charge in [0.25, 0.3) is 0 Å². The van der Waals surface area contributed by atoms with E-state index in [9.17, 15) is 4.79 Å². The summed E-state index contributed by atoms with van der Waals surface area (Å²) in [5.74, 6) is -0.385. The second-order valence-corrected chi connectivity index (χ2v) is 5.67. The van der Waals surface area contributed by atoms with Gasteiger partial charge in [0.1, 0.15) is 0 Å². The van der Waals surface area contributed by atoms with E-state index in [0.717, 1.165) is 0 Å². The third-order valence-electron chi connectivity index (χ3n) is 1.93. The smallest absolute Gasteiger partial charge is 0.379 e. The summed E-state index contributed by atoms with van der Waals surface area (Å²) in [5, 5.41) is 0.667. The van der Waals surface area contributed by atoms with Crippen LogP contribution in [0.1, 0.15) is 10.6 Å². The summed E-state index contributed by atoms with van der Waals surface area (Å²) >= 11 is 18.1. The Bertz CT molecular complexity index is 587. The molecule has 0 aliphatic rings. The molecule has 0 atom stereocenters. The number of benzene rings is 1. The monoisotopic (exact) mass is 412 g/mol. The first-order valence-corrected chi connectivity index (χ1v) is 6.93. The zero-order valence-corrected chi connectivity index (χ0v) is 13.2. The summed E-state index contributed by atoms with van der Waals surface area (Å²) in [6, 6.07) is 6.14. The van der Waals surface area contributed by atoms with Gasteiger partial charge >= 0.3 is 5.97 Å². The van der Waals surface area contributed by atoms with Gasteiger partial charge in [-0.05, 0) is 56.1 Å². The molecule has 0 bridgehead atoms. The number of rotatable bonds is 2. The average molecular weight is 415 g/mol. The van der Waals surface area contributed by atoms with Gasteiger partial charge in [-0.25, -0.2) is 4.79 Å². The number of ether oxygens (including phenoxy) is 1. The molecule has 0 aliphatic heterocycles. The van der Waals surface area contributed by atoms with E-state index in [1.807, 2.05) is 0 Å². The summed E-state index contributed by atoms with van der Waals surface area (Å²) in [6.45, 7) is 0. The fourth-order valence-electron chi connectivity index (χ4n) is 1.19. The summed E-state index contributed by atoms with van der Waals surface area (Å²) in [7, 11) is 0. The first kappa shape index (κ1) is 13.9. The zero-order valence-electron chi connectivity index (χ0n) is 8.55. The van der Waals surface area contributed by atoms with E-state index in [2.05, 4.69) is 31.9 Å². The minimum Gasteiger partial charge on any atom is -0.442 e. The minimum atomic E-state index is -0.648. The van der Waals surface area contributed by atoms with Crippen molar-refractivity contribution in [2.75, 3.05) is 0 Å². The van der Waals surface area contributed by atoms with Crippen LogP contribution in [0.5, 0.6) is 5.75 Å². The highest BCUT2D eigenvalue weighted by molar-refractivity contribution is 9.10. The summed E-state index contributed by atoms with van der Waals surface area (Å²) in [6.07, 6.45) is 0. The van der Waals surface area contributed by atoms with Crippen LogP contribution < -0.4 is 4.74 Å². The molecule has 0 unspecified atom stereocenters. The number of halogens is 4. The Morgan fingerprint density at radius 3 is 2.50 bits per heavy atom. The maximum Gasteiger partial charge on any atom is 0.379 e. The van der Waals surface area contributed by atoms with Crippen molar-refractivity contribution >= 4 is 61.0 Å².